The Morgan fingerprint density at radius 1 is 1.06 bits per heavy atom. The van der Waals surface area contributed by atoms with E-state index in [0.29, 0.717) is 5.56 Å². The highest BCUT2D eigenvalue weighted by molar-refractivity contribution is 14.1. The van der Waals surface area contributed by atoms with Crippen molar-refractivity contribution in [3.05, 3.63) is 55.3 Å². The Labute approximate surface area is 109 Å². The van der Waals surface area contributed by atoms with Crippen LogP contribution in [-0.2, 0) is 0 Å². The lowest BCUT2D eigenvalue weighted by Gasteiger charge is -2.10. The van der Waals surface area contributed by atoms with Crippen LogP contribution in [0, 0.1) is 14.5 Å². The molecule has 0 fully saturated rings. The molecule has 0 saturated heterocycles. The molecule has 2 N–H and O–H groups in total. The summed E-state index contributed by atoms with van der Waals surface area (Å²) in [5, 5.41) is 1.90. The molecule has 1 heterocycles. The van der Waals surface area contributed by atoms with Crippen molar-refractivity contribution in [3.8, 4) is 0 Å². The molecule has 0 aliphatic rings. The van der Waals surface area contributed by atoms with Gasteiger partial charge < -0.3 is 5.73 Å². The smallest absolute Gasteiger partial charge is 0.126 e. The Hall–Kier alpha value is -0.530. The summed E-state index contributed by atoms with van der Waals surface area (Å²) < 4.78 is 27.1. The lowest BCUT2D eigenvalue weighted by molar-refractivity contribution is 0.577. The fourth-order valence-corrected chi connectivity index (χ4v) is 2.84. The summed E-state index contributed by atoms with van der Waals surface area (Å²) >= 11 is 3.74. The van der Waals surface area contributed by atoms with Gasteiger partial charge in [0.25, 0.3) is 0 Å². The second-order valence-corrected chi connectivity index (χ2v) is 6.17. The summed E-state index contributed by atoms with van der Waals surface area (Å²) in [6.45, 7) is 0. The van der Waals surface area contributed by atoms with E-state index in [9.17, 15) is 8.78 Å². The fourth-order valence-electron chi connectivity index (χ4n) is 1.43. The van der Waals surface area contributed by atoms with Crippen molar-refractivity contribution in [2.45, 2.75) is 6.04 Å². The maximum Gasteiger partial charge on any atom is 0.126 e. The first-order valence-electron chi connectivity index (χ1n) is 4.52. The maximum absolute atomic E-state index is 13.0. The lowest BCUT2D eigenvalue weighted by Crippen LogP contribution is -2.11. The first kappa shape index (κ1) is 11.9. The summed E-state index contributed by atoms with van der Waals surface area (Å²) in [5.41, 5.74) is 7.26. The van der Waals surface area contributed by atoms with E-state index in [2.05, 4.69) is 22.6 Å². The highest BCUT2D eigenvalue weighted by atomic mass is 127. The average molecular weight is 351 g/mol. The summed E-state index contributed by atoms with van der Waals surface area (Å²) in [7, 11) is 0. The summed E-state index contributed by atoms with van der Waals surface area (Å²) in [6, 6.07) is 4.80. The van der Waals surface area contributed by atoms with Crippen LogP contribution in [0.4, 0.5) is 8.78 Å². The van der Waals surface area contributed by atoms with E-state index in [1.54, 1.807) is 11.3 Å². The Morgan fingerprint density at radius 2 is 1.69 bits per heavy atom. The van der Waals surface area contributed by atoms with Gasteiger partial charge in [0.15, 0.2) is 0 Å². The molecule has 1 nitrogen and oxygen atoms in total. The van der Waals surface area contributed by atoms with E-state index in [4.69, 9.17) is 5.73 Å². The number of benzene rings is 1. The molecule has 2 rings (SSSR count). The lowest BCUT2D eigenvalue weighted by atomic mass is 10.0. The molecule has 0 aliphatic heterocycles. The molecule has 0 bridgehead atoms. The molecule has 0 aliphatic carbocycles. The van der Waals surface area contributed by atoms with Crippen LogP contribution in [0.2, 0.25) is 0 Å². The van der Waals surface area contributed by atoms with Gasteiger partial charge in [0.2, 0.25) is 0 Å². The second-order valence-electron chi connectivity index (χ2n) is 3.36. The number of hydrogen-bond acceptors (Lipinski definition) is 2. The molecule has 2 aromatic rings. The van der Waals surface area contributed by atoms with Crippen LogP contribution in [0.25, 0.3) is 0 Å². The number of nitrogens with two attached hydrogens (primary N) is 1. The first-order chi connectivity index (χ1) is 7.56. The van der Waals surface area contributed by atoms with Gasteiger partial charge >= 0.3 is 0 Å². The Morgan fingerprint density at radius 3 is 2.19 bits per heavy atom. The van der Waals surface area contributed by atoms with Crippen molar-refractivity contribution < 1.29 is 8.78 Å². The molecule has 1 unspecified atom stereocenters. The van der Waals surface area contributed by atoms with Gasteiger partial charge in [0.05, 0.1) is 8.93 Å². The molecule has 0 radical (unpaired) electrons. The first-order valence-corrected chi connectivity index (χ1v) is 6.47. The fraction of sp³-hybridized carbons (Fsp3) is 0.0909. The van der Waals surface area contributed by atoms with Gasteiger partial charge in [-0.25, -0.2) is 8.78 Å². The minimum atomic E-state index is -0.602. The third kappa shape index (κ3) is 2.58. The predicted molar refractivity (Wildman–Crippen MR) is 69.4 cm³/mol. The largest absolute Gasteiger partial charge is 0.320 e. The summed E-state index contributed by atoms with van der Waals surface area (Å²) in [5.74, 6) is -1.20. The normalized spacial score (nSPS) is 12.8. The number of halogens is 3. The van der Waals surface area contributed by atoms with Gasteiger partial charge in [-0.3, -0.25) is 0 Å². The zero-order chi connectivity index (χ0) is 11.7. The van der Waals surface area contributed by atoms with Crippen molar-refractivity contribution in [2.75, 3.05) is 0 Å². The maximum atomic E-state index is 13.0. The van der Waals surface area contributed by atoms with Crippen molar-refractivity contribution in [3.63, 3.8) is 0 Å². The summed E-state index contributed by atoms with van der Waals surface area (Å²) in [6.07, 6.45) is 0. The Balaban J connectivity index is 2.37. The van der Waals surface area contributed by atoms with E-state index in [1.807, 2.05) is 11.4 Å². The van der Waals surface area contributed by atoms with Crippen LogP contribution in [0.5, 0.6) is 0 Å². The molecule has 84 valence electrons. The highest BCUT2D eigenvalue weighted by Gasteiger charge is 2.12. The summed E-state index contributed by atoms with van der Waals surface area (Å²) in [4.78, 5) is 0. The molecule has 1 atom stereocenters. The highest BCUT2D eigenvalue weighted by Crippen LogP contribution is 2.26. The predicted octanol–water partition coefficient (Wildman–Crippen LogP) is 3.68. The standard InChI is InChI=1S/C11H8F2INS/c12-8-1-6(2-9(13)4-8)11(15)7-3-10(14)16-5-7/h1-5,11H,15H2. The molecule has 16 heavy (non-hydrogen) atoms. The monoisotopic (exact) mass is 351 g/mol. The minimum absolute atomic E-state index is 0.451. The molecule has 0 saturated carbocycles. The van der Waals surface area contributed by atoms with Gasteiger partial charge in [0, 0.05) is 6.07 Å². The number of thiophene rings is 1. The molecule has 0 amide bonds. The van der Waals surface area contributed by atoms with Gasteiger partial charge in [-0.1, -0.05) is 0 Å². The van der Waals surface area contributed by atoms with Gasteiger partial charge in [-0.15, -0.1) is 11.3 Å². The van der Waals surface area contributed by atoms with Crippen LogP contribution in [0.1, 0.15) is 17.2 Å². The van der Waals surface area contributed by atoms with Gasteiger partial charge in [-0.2, -0.15) is 0 Å². The second kappa shape index (κ2) is 4.77. The number of hydrogen-bond donors (Lipinski definition) is 1. The van der Waals surface area contributed by atoms with Crippen LogP contribution in [-0.4, -0.2) is 0 Å². The topological polar surface area (TPSA) is 26.0 Å². The van der Waals surface area contributed by atoms with Crippen LogP contribution in [0.3, 0.4) is 0 Å². The quantitative estimate of drug-likeness (QED) is 0.821. The van der Waals surface area contributed by atoms with E-state index in [0.717, 1.165) is 14.5 Å². The van der Waals surface area contributed by atoms with Crippen molar-refractivity contribution in [1.82, 2.24) is 0 Å². The SMILES string of the molecule is NC(c1cc(F)cc(F)c1)c1csc(I)c1. The van der Waals surface area contributed by atoms with Crippen molar-refractivity contribution >= 4 is 33.9 Å². The molecular formula is C11H8F2INS. The zero-order valence-electron chi connectivity index (χ0n) is 8.08. The molecule has 1 aromatic heterocycles. The minimum Gasteiger partial charge on any atom is -0.320 e. The number of rotatable bonds is 2. The molecular weight excluding hydrogens is 343 g/mol. The molecule has 0 spiro atoms. The van der Waals surface area contributed by atoms with Crippen molar-refractivity contribution in [1.29, 1.82) is 0 Å². The Bertz CT molecular complexity index is 492. The third-order valence-electron chi connectivity index (χ3n) is 2.19. The third-order valence-corrected chi connectivity index (χ3v) is 4.00. The van der Waals surface area contributed by atoms with E-state index < -0.39 is 17.7 Å². The van der Waals surface area contributed by atoms with Gasteiger partial charge in [0.1, 0.15) is 11.6 Å². The van der Waals surface area contributed by atoms with E-state index >= 15 is 0 Å². The zero-order valence-corrected chi connectivity index (χ0v) is 11.1. The van der Waals surface area contributed by atoms with Crippen LogP contribution < -0.4 is 5.73 Å². The van der Waals surface area contributed by atoms with E-state index in [1.165, 1.54) is 12.1 Å². The van der Waals surface area contributed by atoms with E-state index in [-0.39, 0.29) is 0 Å². The van der Waals surface area contributed by atoms with Gasteiger partial charge in [-0.05, 0) is 57.3 Å². The average Bonchev–Trinajstić information content (AvgIpc) is 2.62. The Kier molecular flexibility index (Phi) is 3.56. The van der Waals surface area contributed by atoms with Crippen LogP contribution in [0.15, 0.2) is 29.6 Å². The molecule has 5 heteroatoms. The molecule has 1 aromatic carbocycles. The van der Waals surface area contributed by atoms with Crippen LogP contribution >= 0.6 is 33.9 Å². The van der Waals surface area contributed by atoms with Crippen molar-refractivity contribution in [2.24, 2.45) is 5.73 Å².